The minimum Gasteiger partial charge on any atom is -0.497 e. The van der Waals surface area contributed by atoms with Crippen molar-refractivity contribution in [3.63, 3.8) is 0 Å². The number of carbonyl (C=O) groups is 1. The Balaban J connectivity index is 1.91. The highest BCUT2D eigenvalue weighted by Crippen LogP contribution is 2.32. The number of benzene rings is 2. The topological polar surface area (TPSA) is 41.6 Å². The van der Waals surface area contributed by atoms with E-state index in [4.69, 9.17) is 4.74 Å². The van der Waals surface area contributed by atoms with Crippen molar-refractivity contribution in [1.82, 2.24) is 5.43 Å². The van der Waals surface area contributed by atoms with E-state index in [2.05, 4.69) is 5.43 Å². The van der Waals surface area contributed by atoms with Gasteiger partial charge in [-0.25, -0.2) is 0 Å². The molecule has 1 atom stereocenters. The zero-order valence-electron chi connectivity index (χ0n) is 11.2. The number of nitrogens with zero attached hydrogens (tertiary/aromatic N) is 1. The number of hydrogen-bond donors (Lipinski definition) is 1. The van der Waals surface area contributed by atoms with Gasteiger partial charge < -0.3 is 4.74 Å². The van der Waals surface area contributed by atoms with Crippen molar-refractivity contribution in [2.24, 2.45) is 0 Å². The van der Waals surface area contributed by atoms with Crippen molar-refractivity contribution in [2.75, 3.05) is 12.1 Å². The molecule has 0 bridgehead atoms. The summed E-state index contributed by atoms with van der Waals surface area (Å²) in [4.78, 5) is 11.8. The van der Waals surface area contributed by atoms with E-state index in [1.54, 1.807) is 7.11 Å². The van der Waals surface area contributed by atoms with Gasteiger partial charge in [0.1, 0.15) is 5.75 Å². The van der Waals surface area contributed by atoms with Crippen LogP contribution in [0.15, 0.2) is 54.6 Å². The fraction of sp³-hybridized carbons (Fsp3) is 0.188. The Kier molecular flexibility index (Phi) is 3.29. The predicted octanol–water partition coefficient (Wildman–Crippen LogP) is 2.68. The average molecular weight is 268 g/mol. The lowest BCUT2D eigenvalue weighted by Gasteiger charge is -2.25. The first-order valence-electron chi connectivity index (χ1n) is 6.55. The molecule has 1 saturated heterocycles. The van der Waals surface area contributed by atoms with Gasteiger partial charge in [0.2, 0.25) is 5.91 Å². The SMILES string of the molecule is COc1ccc(C2CC(=O)NN2c2ccccc2)cc1. The van der Waals surface area contributed by atoms with Crippen LogP contribution in [0.1, 0.15) is 18.0 Å². The number of rotatable bonds is 3. The maximum atomic E-state index is 11.8. The largest absolute Gasteiger partial charge is 0.497 e. The van der Waals surface area contributed by atoms with Crippen LogP contribution in [0, 0.1) is 0 Å². The Labute approximate surface area is 117 Å². The van der Waals surface area contributed by atoms with E-state index in [0.717, 1.165) is 17.0 Å². The summed E-state index contributed by atoms with van der Waals surface area (Å²) in [6.45, 7) is 0. The Hall–Kier alpha value is -2.49. The fourth-order valence-electron chi connectivity index (χ4n) is 2.45. The lowest BCUT2D eigenvalue weighted by Crippen LogP contribution is -2.34. The van der Waals surface area contributed by atoms with E-state index in [-0.39, 0.29) is 11.9 Å². The Bertz CT molecular complexity index is 596. The maximum Gasteiger partial charge on any atom is 0.241 e. The molecule has 102 valence electrons. The monoisotopic (exact) mass is 268 g/mol. The molecule has 0 spiro atoms. The van der Waals surface area contributed by atoms with Gasteiger partial charge in [-0.2, -0.15) is 0 Å². The number of ether oxygens (including phenoxy) is 1. The van der Waals surface area contributed by atoms with Gasteiger partial charge in [-0.3, -0.25) is 15.2 Å². The second-order valence-corrected chi connectivity index (χ2v) is 4.73. The quantitative estimate of drug-likeness (QED) is 0.930. The summed E-state index contributed by atoms with van der Waals surface area (Å²) in [6.07, 6.45) is 0.460. The van der Waals surface area contributed by atoms with Gasteiger partial charge in [0.25, 0.3) is 0 Å². The molecule has 1 amide bonds. The maximum absolute atomic E-state index is 11.8. The average Bonchev–Trinajstić information content (AvgIpc) is 2.90. The normalized spacial score (nSPS) is 17.9. The summed E-state index contributed by atoms with van der Waals surface area (Å²) in [5.74, 6) is 0.854. The molecule has 20 heavy (non-hydrogen) atoms. The van der Waals surface area contributed by atoms with Crippen LogP contribution >= 0.6 is 0 Å². The molecule has 2 aromatic carbocycles. The number of anilines is 1. The van der Waals surface area contributed by atoms with Crippen LogP contribution in [0.4, 0.5) is 5.69 Å². The van der Waals surface area contributed by atoms with E-state index in [0.29, 0.717) is 6.42 Å². The van der Waals surface area contributed by atoms with Crippen molar-refractivity contribution in [1.29, 1.82) is 0 Å². The minimum atomic E-state index is 0.0100. The van der Waals surface area contributed by atoms with E-state index in [1.165, 1.54) is 0 Å². The lowest BCUT2D eigenvalue weighted by atomic mass is 10.0. The summed E-state index contributed by atoms with van der Waals surface area (Å²) < 4.78 is 5.17. The highest BCUT2D eigenvalue weighted by atomic mass is 16.5. The Morgan fingerprint density at radius 3 is 2.45 bits per heavy atom. The summed E-state index contributed by atoms with van der Waals surface area (Å²) in [5, 5.41) is 1.92. The number of amides is 1. The van der Waals surface area contributed by atoms with E-state index in [9.17, 15) is 4.79 Å². The molecule has 1 heterocycles. The number of methoxy groups -OCH3 is 1. The van der Waals surface area contributed by atoms with Crippen LogP contribution in [-0.4, -0.2) is 13.0 Å². The number of hydrazine groups is 1. The van der Waals surface area contributed by atoms with Gasteiger partial charge in [0, 0.05) is 0 Å². The standard InChI is InChI=1S/C16H16N2O2/c1-20-14-9-7-12(8-10-14)15-11-16(19)17-18(15)13-5-3-2-4-6-13/h2-10,15H,11H2,1H3,(H,17,19). The molecule has 1 N–H and O–H groups in total. The molecule has 1 aliphatic heterocycles. The second kappa shape index (κ2) is 5.25. The van der Waals surface area contributed by atoms with E-state index >= 15 is 0 Å². The van der Waals surface area contributed by atoms with Crippen LogP contribution in [0.3, 0.4) is 0 Å². The van der Waals surface area contributed by atoms with E-state index in [1.807, 2.05) is 59.6 Å². The van der Waals surface area contributed by atoms with Gasteiger partial charge >= 0.3 is 0 Å². The highest BCUT2D eigenvalue weighted by molar-refractivity contribution is 5.83. The third-order valence-electron chi connectivity index (χ3n) is 3.47. The molecule has 0 radical (unpaired) electrons. The van der Waals surface area contributed by atoms with Crippen molar-refractivity contribution >= 4 is 11.6 Å². The fourth-order valence-corrected chi connectivity index (χ4v) is 2.45. The zero-order chi connectivity index (χ0) is 13.9. The first-order valence-corrected chi connectivity index (χ1v) is 6.55. The first-order chi connectivity index (χ1) is 9.78. The van der Waals surface area contributed by atoms with Crippen LogP contribution in [0.25, 0.3) is 0 Å². The third-order valence-corrected chi connectivity index (χ3v) is 3.47. The number of nitrogens with one attached hydrogen (secondary N) is 1. The van der Waals surface area contributed by atoms with Crippen LogP contribution in [-0.2, 0) is 4.79 Å². The molecule has 4 nitrogen and oxygen atoms in total. The van der Waals surface area contributed by atoms with Crippen molar-refractivity contribution in [2.45, 2.75) is 12.5 Å². The smallest absolute Gasteiger partial charge is 0.241 e. The molecule has 4 heteroatoms. The number of para-hydroxylation sites is 1. The zero-order valence-corrected chi connectivity index (χ0v) is 11.2. The first kappa shape index (κ1) is 12.5. The van der Waals surface area contributed by atoms with Crippen molar-refractivity contribution < 1.29 is 9.53 Å². The molecular weight excluding hydrogens is 252 g/mol. The molecule has 3 rings (SSSR count). The third kappa shape index (κ3) is 2.32. The van der Waals surface area contributed by atoms with Gasteiger partial charge in [0.15, 0.2) is 0 Å². The van der Waals surface area contributed by atoms with Gasteiger partial charge in [-0.1, -0.05) is 30.3 Å². The summed E-state index contributed by atoms with van der Waals surface area (Å²) in [5.41, 5.74) is 4.99. The van der Waals surface area contributed by atoms with Crippen LogP contribution < -0.4 is 15.2 Å². The molecule has 1 fully saturated rings. The summed E-state index contributed by atoms with van der Waals surface area (Å²) in [7, 11) is 1.64. The van der Waals surface area contributed by atoms with Gasteiger partial charge in [-0.15, -0.1) is 0 Å². The second-order valence-electron chi connectivity index (χ2n) is 4.73. The lowest BCUT2D eigenvalue weighted by molar-refractivity contribution is -0.119. The molecule has 1 aliphatic rings. The number of hydrogen-bond acceptors (Lipinski definition) is 3. The molecule has 2 aromatic rings. The molecule has 0 saturated carbocycles. The van der Waals surface area contributed by atoms with Crippen LogP contribution in [0.2, 0.25) is 0 Å². The predicted molar refractivity (Wildman–Crippen MR) is 77.4 cm³/mol. The molecular formula is C16H16N2O2. The molecule has 1 unspecified atom stereocenters. The molecule has 0 aliphatic carbocycles. The van der Waals surface area contributed by atoms with Crippen LogP contribution in [0.5, 0.6) is 5.75 Å². The van der Waals surface area contributed by atoms with Gasteiger partial charge in [0.05, 0.1) is 25.3 Å². The van der Waals surface area contributed by atoms with E-state index < -0.39 is 0 Å². The Morgan fingerprint density at radius 1 is 1.10 bits per heavy atom. The summed E-state index contributed by atoms with van der Waals surface area (Å²) >= 11 is 0. The minimum absolute atomic E-state index is 0.0100. The van der Waals surface area contributed by atoms with Crippen molar-refractivity contribution in [3.05, 3.63) is 60.2 Å². The van der Waals surface area contributed by atoms with Gasteiger partial charge in [-0.05, 0) is 29.8 Å². The summed E-state index contributed by atoms with van der Waals surface area (Å²) in [6, 6.07) is 17.7. The Morgan fingerprint density at radius 2 is 1.80 bits per heavy atom. The highest BCUT2D eigenvalue weighted by Gasteiger charge is 2.31. The number of carbonyl (C=O) groups excluding carboxylic acids is 1. The molecule has 0 aromatic heterocycles. The van der Waals surface area contributed by atoms with Crippen molar-refractivity contribution in [3.8, 4) is 5.75 Å².